The predicted molar refractivity (Wildman–Crippen MR) is 132 cm³/mol. The number of ketones is 1. The molecule has 0 N–H and O–H groups in total. The van der Waals surface area contributed by atoms with Crippen molar-refractivity contribution in [1.82, 2.24) is 0 Å². The molecule has 0 aromatic heterocycles. The van der Waals surface area contributed by atoms with E-state index in [1.165, 1.54) is 141 Å². The van der Waals surface area contributed by atoms with Gasteiger partial charge in [0.1, 0.15) is 0 Å². The molecule has 0 aliphatic heterocycles. The van der Waals surface area contributed by atoms with Crippen LogP contribution in [0.25, 0.3) is 0 Å². The summed E-state index contributed by atoms with van der Waals surface area (Å²) in [5.74, 6) is -0.242. The van der Waals surface area contributed by atoms with E-state index in [-0.39, 0.29) is 5.78 Å². The molecule has 0 aromatic carbocycles. The highest BCUT2D eigenvalue weighted by Gasteiger charge is 1.99. The monoisotopic (exact) mass is 422 g/mol. The van der Waals surface area contributed by atoms with E-state index in [0.29, 0.717) is 12.7 Å². The van der Waals surface area contributed by atoms with Gasteiger partial charge in [-0.25, -0.2) is 0 Å². The average molecular weight is 423 g/mol. The maximum absolute atomic E-state index is 10.9. The van der Waals surface area contributed by atoms with Crippen LogP contribution in [0.5, 0.6) is 0 Å². The number of hydrogen-bond donors (Lipinski definition) is 0. The zero-order valence-corrected chi connectivity index (χ0v) is 20.6. The minimum atomic E-state index is -0.242. The van der Waals surface area contributed by atoms with E-state index in [0.717, 1.165) is 12.8 Å². The fourth-order valence-corrected chi connectivity index (χ4v) is 4.32. The number of carbonyl (C=O) groups excluding carboxylic acids is 2. The van der Waals surface area contributed by atoms with Crippen LogP contribution in [0.2, 0.25) is 0 Å². The summed E-state index contributed by atoms with van der Waals surface area (Å²) in [4.78, 5) is 21.1. The molecule has 0 atom stereocenters. The minimum Gasteiger partial charge on any atom is -0.295 e. The molecule has 0 unspecified atom stereocenters. The van der Waals surface area contributed by atoms with Gasteiger partial charge in [0.2, 0.25) is 0 Å². The Kier molecular flexibility index (Phi) is 25.8. The smallest absolute Gasteiger partial charge is 0.195 e. The molecule has 0 saturated heterocycles. The van der Waals surface area contributed by atoms with Gasteiger partial charge in [-0.2, -0.15) is 0 Å². The van der Waals surface area contributed by atoms with Crippen molar-refractivity contribution in [2.45, 2.75) is 167 Å². The quantitative estimate of drug-likeness (QED) is 0.0789. The highest BCUT2D eigenvalue weighted by atomic mass is 16.2. The van der Waals surface area contributed by atoms with Crippen LogP contribution in [0.4, 0.5) is 0 Å². The standard InChI is InChI=1S/C28H54O2/c1-2-3-4-5-6-7-8-9-10-11-12-13-14-15-16-17-18-19-20-21-22-23-24-25-26-28(30)27-29/h27H,2-26H2,1H3. The van der Waals surface area contributed by atoms with Crippen molar-refractivity contribution in [3.05, 3.63) is 0 Å². The Morgan fingerprint density at radius 1 is 0.433 bits per heavy atom. The molecule has 0 amide bonds. The van der Waals surface area contributed by atoms with E-state index in [4.69, 9.17) is 0 Å². The topological polar surface area (TPSA) is 34.1 Å². The zero-order valence-electron chi connectivity index (χ0n) is 20.6. The lowest BCUT2D eigenvalue weighted by molar-refractivity contribution is -0.129. The van der Waals surface area contributed by atoms with Gasteiger partial charge in [-0.1, -0.05) is 155 Å². The third kappa shape index (κ3) is 25.4. The first-order valence-electron chi connectivity index (χ1n) is 13.8. The Labute approximate surface area is 189 Å². The number of rotatable bonds is 26. The lowest BCUT2D eigenvalue weighted by Crippen LogP contribution is -1.97. The molecule has 0 fully saturated rings. The molecule has 0 bridgehead atoms. The highest BCUT2D eigenvalue weighted by molar-refractivity contribution is 6.24. The van der Waals surface area contributed by atoms with Gasteiger partial charge in [-0.3, -0.25) is 9.59 Å². The largest absolute Gasteiger partial charge is 0.295 e. The molecular weight excluding hydrogens is 368 g/mol. The first kappa shape index (κ1) is 29.3. The lowest BCUT2D eigenvalue weighted by atomic mass is 10.0. The molecule has 0 heterocycles. The Bertz CT molecular complexity index is 351. The van der Waals surface area contributed by atoms with Gasteiger partial charge >= 0.3 is 0 Å². The van der Waals surface area contributed by atoms with Crippen molar-refractivity contribution < 1.29 is 9.59 Å². The van der Waals surface area contributed by atoms with Crippen molar-refractivity contribution in [1.29, 1.82) is 0 Å². The normalized spacial score (nSPS) is 11.1. The van der Waals surface area contributed by atoms with Crippen molar-refractivity contribution in [3.63, 3.8) is 0 Å². The van der Waals surface area contributed by atoms with E-state index in [1.807, 2.05) is 0 Å². The molecule has 0 radical (unpaired) electrons. The summed E-state index contributed by atoms with van der Waals surface area (Å²) in [5.41, 5.74) is 0. The summed E-state index contributed by atoms with van der Waals surface area (Å²) < 4.78 is 0. The fraction of sp³-hybridized carbons (Fsp3) is 0.929. The first-order chi connectivity index (χ1) is 14.8. The molecule has 2 nitrogen and oxygen atoms in total. The Morgan fingerprint density at radius 3 is 0.900 bits per heavy atom. The molecular formula is C28H54O2. The molecule has 0 aliphatic rings. The summed E-state index contributed by atoms with van der Waals surface area (Å²) in [6, 6.07) is 0. The van der Waals surface area contributed by atoms with E-state index < -0.39 is 0 Å². The Hall–Kier alpha value is -0.660. The van der Waals surface area contributed by atoms with Crippen LogP contribution in [-0.2, 0) is 9.59 Å². The SMILES string of the molecule is CCCCCCCCCCCCCCCCCCCCCCCCCCC(=O)C=O. The summed E-state index contributed by atoms with van der Waals surface area (Å²) in [6.45, 7) is 2.29. The van der Waals surface area contributed by atoms with E-state index >= 15 is 0 Å². The maximum Gasteiger partial charge on any atom is 0.195 e. The third-order valence-corrected chi connectivity index (χ3v) is 6.41. The number of aldehydes is 1. The van der Waals surface area contributed by atoms with Gasteiger partial charge in [-0.05, 0) is 6.42 Å². The summed E-state index contributed by atoms with van der Waals surface area (Å²) in [7, 11) is 0. The second kappa shape index (κ2) is 26.4. The second-order valence-electron chi connectivity index (χ2n) is 9.47. The number of unbranched alkanes of at least 4 members (excludes halogenated alkanes) is 23. The number of hydrogen-bond acceptors (Lipinski definition) is 2. The predicted octanol–water partition coefficient (Wildman–Crippen LogP) is 9.53. The second-order valence-corrected chi connectivity index (χ2v) is 9.47. The van der Waals surface area contributed by atoms with Crippen LogP contribution >= 0.6 is 0 Å². The number of carbonyl (C=O) groups is 2. The highest BCUT2D eigenvalue weighted by Crippen LogP contribution is 2.15. The maximum atomic E-state index is 10.9. The molecule has 0 aliphatic carbocycles. The van der Waals surface area contributed by atoms with Gasteiger partial charge in [0.05, 0.1) is 0 Å². The number of Topliss-reactive ketones (excluding diaryl/α,β-unsaturated/α-hetero) is 1. The van der Waals surface area contributed by atoms with Gasteiger partial charge < -0.3 is 0 Å². The zero-order chi connectivity index (χ0) is 22.0. The third-order valence-electron chi connectivity index (χ3n) is 6.41. The van der Waals surface area contributed by atoms with Gasteiger partial charge in [0.15, 0.2) is 12.1 Å². The van der Waals surface area contributed by atoms with Crippen LogP contribution in [0.15, 0.2) is 0 Å². The van der Waals surface area contributed by atoms with Crippen molar-refractivity contribution in [2.75, 3.05) is 0 Å². The minimum absolute atomic E-state index is 0.242. The van der Waals surface area contributed by atoms with Crippen molar-refractivity contribution in [2.24, 2.45) is 0 Å². The summed E-state index contributed by atoms with van der Waals surface area (Å²) >= 11 is 0. The molecule has 30 heavy (non-hydrogen) atoms. The van der Waals surface area contributed by atoms with E-state index in [1.54, 1.807) is 0 Å². The molecule has 0 rings (SSSR count). The molecule has 0 saturated carbocycles. The fourth-order valence-electron chi connectivity index (χ4n) is 4.32. The molecule has 2 heteroatoms. The molecule has 178 valence electrons. The molecule has 0 spiro atoms. The lowest BCUT2D eigenvalue weighted by Gasteiger charge is -2.04. The van der Waals surface area contributed by atoms with Gasteiger partial charge in [0, 0.05) is 6.42 Å². The van der Waals surface area contributed by atoms with Gasteiger partial charge in [-0.15, -0.1) is 0 Å². The molecule has 0 aromatic rings. The van der Waals surface area contributed by atoms with Crippen molar-refractivity contribution >= 4 is 12.1 Å². The first-order valence-corrected chi connectivity index (χ1v) is 13.8. The van der Waals surface area contributed by atoms with E-state index in [2.05, 4.69) is 6.92 Å². The Morgan fingerprint density at radius 2 is 0.667 bits per heavy atom. The van der Waals surface area contributed by atoms with Crippen LogP contribution in [0.3, 0.4) is 0 Å². The van der Waals surface area contributed by atoms with Crippen molar-refractivity contribution in [3.8, 4) is 0 Å². The Balaban J connectivity index is 3.02. The van der Waals surface area contributed by atoms with Crippen LogP contribution in [-0.4, -0.2) is 12.1 Å². The van der Waals surface area contributed by atoms with Gasteiger partial charge in [0.25, 0.3) is 0 Å². The van der Waals surface area contributed by atoms with Crippen LogP contribution in [0, 0.1) is 0 Å². The average Bonchev–Trinajstić information content (AvgIpc) is 2.76. The van der Waals surface area contributed by atoms with E-state index in [9.17, 15) is 9.59 Å². The summed E-state index contributed by atoms with van der Waals surface area (Å²) in [6.07, 6.45) is 34.0. The van der Waals surface area contributed by atoms with Crippen LogP contribution in [0.1, 0.15) is 167 Å². The summed E-state index contributed by atoms with van der Waals surface area (Å²) in [5, 5.41) is 0. The van der Waals surface area contributed by atoms with Crippen LogP contribution < -0.4 is 0 Å².